The van der Waals surface area contributed by atoms with Crippen LogP contribution in [0.3, 0.4) is 0 Å². The fourth-order valence-electron chi connectivity index (χ4n) is 2.92. The van der Waals surface area contributed by atoms with Crippen molar-refractivity contribution in [2.75, 3.05) is 13.7 Å². The van der Waals surface area contributed by atoms with Gasteiger partial charge < -0.3 is 10.1 Å². The van der Waals surface area contributed by atoms with Crippen LogP contribution in [0.25, 0.3) is 0 Å². The van der Waals surface area contributed by atoms with E-state index in [1.807, 2.05) is 0 Å². The van der Waals surface area contributed by atoms with Crippen LogP contribution in [-0.2, 0) is 6.54 Å². The van der Waals surface area contributed by atoms with E-state index in [0.717, 1.165) is 18.8 Å². The predicted molar refractivity (Wildman–Crippen MR) is 92.1 cm³/mol. The summed E-state index contributed by atoms with van der Waals surface area (Å²) in [4.78, 5) is 0. The molecule has 22 heavy (non-hydrogen) atoms. The second-order valence-corrected chi connectivity index (χ2v) is 6.18. The summed E-state index contributed by atoms with van der Waals surface area (Å²) in [6, 6.07) is 19.2. The van der Waals surface area contributed by atoms with Crippen LogP contribution in [-0.4, -0.2) is 13.7 Å². The summed E-state index contributed by atoms with van der Waals surface area (Å²) >= 11 is 0. The van der Waals surface area contributed by atoms with Crippen LogP contribution >= 0.6 is 0 Å². The number of hydrogen-bond donors (Lipinski definition) is 1. The zero-order valence-electron chi connectivity index (χ0n) is 14.0. The summed E-state index contributed by atoms with van der Waals surface area (Å²) in [5.74, 6) is 2.19. The predicted octanol–water partition coefficient (Wildman–Crippen LogP) is 3.59. The van der Waals surface area contributed by atoms with Gasteiger partial charge in [0.15, 0.2) is 0 Å². The highest BCUT2D eigenvalue weighted by Crippen LogP contribution is 2.28. The fraction of sp³-hybridized carbons (Fsp3) is 0.400. The molecule has 0 aliphatic rings. The summed E-state index contributed by atoms with van der Waals surface area (Å²) in [5, 5.41) is 2.41. The van der Waals surface area contributed by atoms with Gasteiger partial charge in [0, 0.05) is 12.0 Å². The SMILES string of the molecule is COc1ccc([C@H](CC[NH2+]Cc2ccccc2)C(C)C)cc1. The van der Waals surface area contributed by atoms with Gasteiger partial charge in [-0.3, -0.25) is 0 Å². The molecule has 2 aromatic carbocycles. The van der Waals surface area contributed by atoms with Crippen LogP contribution in [0.15, 0.2) is 54.6 Å². The first-order valence-corrected chi connectivity index (χ1v) is 8.20. The van der Waals surface area contributed by atoms with Gasteiger partial charge in [-0.05, 0) is 29.5 Å². The summed E-state index contributed by atoms with van der Waals surface area (Å²) in [7, 11) is 1.72. The van der Waals surface area contributed by atoms with Gasteiger partial charge >= 0.3 is 0 Å². The van der Waals surface area contributed by atoms with Crippen molar-refractivity contribution in [3.63, 3.8) is 0 Å². The maximum Gasteiger partial charge on any atom is 0.118 e. The van der Waals surface area contributed by atoms with E-state index in [9.17, 15) is 0 Å². The van der Waals surface area contributed by atoms with E-state index in [1.165, 1.54) is 17.5 Å². The molecule has 0 bridgehead atoms. The summed E-state index contributed by atoms with van der Waals surface area (Å²) < 4.78 is 5.25. The number of hydrogen-bond acceptors (Lipinski definition) is 1. The molecular formula is C20H28NO+. The van der Waals surface area contributed by atoms with Crippen molar-refractivity contribution < 1.29 is 10.1 Å². The molecule has 0 saturated carbocycles. The van der Waals surface area contributed by atoms with Crippen LogP contribution in [0, 0.1) is 5.92 Å². The van der Waals surface area contributed by atoms with E-state index in [4.69, 9.17) is 4.74 Å². The first kappa shape index (κ1) is 16.6. The van der Waals surface area contributed by atoms with E-state index in [1.54, 1.807) is 7.11 Å². The van der Waals surface area contributed by atoms with Gasteiger partial charge in [0.05, 0.1) is 13.7 Å². The molecule has 0 heterocycles. The van der Waals surface area contributed by atoms with Crippen molar-refractivity contribution in [1.29, 1.82) is 0 Å². The van der Waals surface area contributed by atoms with E-state index in [-0.39, 0.29) is 0 Å². The molecule has 0 amide bonds. The molecular weight excluding hydrogens is 270 g/mol. The Morgan fingerprint density at radius 3 is 2.23 bits per heavy atom. The Bertz CT molecular complexity index is 533. The zero-order chi connectivity index (χ0) is 15.8. The second kappa shape index (κ2) is 8.60. The molecule has 0 aliphatic carbocycles. The monoisotopic (exact) mass is 298 g/mol. The first-order chi connectivity index (χ1) is 10.7. The number of rotatable bonds is 8. The maximum atomic E-state index is 5.25. The molecule has 0 fully saturated rings. The molecule has 0 spiro atoms. The zero-order valence-corrected chi connectivity index (χ0v) is 14.0. The van der Waals surface area contributed by atoms with E-state index < -0.39 is 0 Å². The highest BCUT2D eigenvalue weighted by atomic mass is 16.5. The number of benzene rings is 2. The van der Waals surface area contributed by atoms with Crippen LogP contribution in [0.2, 0.25) is 0 Å². The number of nitrogens with two attached hydrogens (primary N) is 1. The van der Waals surface area contributed by atoms with Crippen LogP contribution < -0.4 is 10.1 Å². The van der Waals surface area contributed by atoms with E-state index in [0.29, 0.717) is 11.8 Å². The van der Waals surface area contributed by atoms with Crippen LogP contribution in [0.4, 0.5) is 0 Å². The molecule has 0 radical (unpaired) electrons. The van der Waals surface area contributed by atoms with Gasteiger partial charge in [0.2, 0.25) is 0 Å². The lowest BCUT2D eigenvalue weighted by Crippen LogP contribution is -2.82. The third-order valence-electron chi connectivity index (χ3n) is 4.25. The smallest absolute Gasteiger partial charge is 0.118 e. The number of quaternary nitrogens is 1. The van der Waals surface area contributed by atoms with Gasteiger partial charge in [0.1, 0.15) is 12.3 Å². The van der Waals surface area contributed by atoms with Crippen molar-refractivity contribution in [1.82, 2.24) is 0 Å². The van der Waals surface area contributed by atoms with Gasteiger partial charge in [-0.2, -0.15) is 0 Å². The normalized spacial score (nSPS) is 12.4. The minimum Gasteiger partial charge on any atom is -0.497 e. The molecule has 2 rings (SSSR count). The lowest BCUT2D eigenvalue weighted by atomic mass is 9.86. The standard InChI is InChI=1S/C20H27NO/c1-16(2)20(18-9-11-19(22-3)12-10-18)13-14-21-15-17-7-5-4-6-8-17/h4-12,16,20-21H,13-15H2,1-3H3/p+1/t20-/m1/s1. The quantitative estimate of drug-likeness (QED) is 0.741. The fourth-order valence-corrected chi connectivity index (χ4v) is 2.92. The third kappa shape index (κ3) is 4.88. The lowest BCUT2D eigenvalue weighted by molar-refractivity contribution is -0.671. The topological polar surface area (TPSA) is 25.8 Å². The molecule has 2 nitrogen and oxygen atoms in total. The van der Waals surface area contributed by atoms with E-state index in [2.05, 4.69) is 73.8 Å². The molecule has 118 valence electrons. The number of methoxy groups -OCH3 is 1. The van der Waals surface area contributed by atoms with Crippen molar-refractivity contribution in [3.8, 4) is 5.75 Å². The molecule has 1 atom stereocenters. The summed E-state index contributed by atoms with van der Waals surface area (Å²) in [6.45, 7) is 6.84. The van der Waals surface area contributed by atoms with Crippen molar-refractivity contribution in [3.05, 3.63) is 65.7 Å². The molecule has 0 aromatic heterocycles. The Balaban J connectivity index is 1.86. The van der Waals surface area contributed by atoms with Crippen LogP contribution in [0.1, 0.15) is 37.3 Å². The summed E-state index contributed by atoms with van der Waals surface area (Å²) in [5.41, 5.74) is 2.82. The largest absolute Gasteiger partial charge is 0.497 e. The Labute approximate surface area is 134 Å². The Morgan fingerprint density at radius 2 is 1.64 bits per heavy atom. The van der Waals surface area contributed by atoms with Crippen molar-refractivity contribution in [2.45, 2.75) is 32.7 Å². The van der Waals surface area contributed by atoms with Gasteiger partial charge in [-0.15, -0.1) is 0 Å². The molecule has 2 aromatic rings. The lowest BCUT2D eigenvalue weighted by Gasteiger charge is -2.21. The molecule has 2 N–H and O–H groups in total. The Morgan fingerprint density at radius 1 is 0.955 bits per heavy atom. The third-order valence-corrected chi connectivity index (χ3v) is 4.25. The molecule has 0 aliphatic heterocycles. The maximum absolute atomic E-state index is 5.25. The second-order valence-electron chi connectivity index (χ2n) is 6.18. The highest BCUT2D eigenvalue weighted by Gasteiger charge is 2.16. The highest BCUT2D eigenvalue weighted by molar-refractivity contribution is 5.29. The average molecular weight is 298 g/mol. The first-order valence-electron chi connectivity index (χ1n) is 8.20. The minimum absolute atomic E-state index is 0.609. The number of ether oxygens (including phenoxy) is 1. The van der Waals surface area contributed by atoms with Crippen LogP contribution in [0.5, 0.6) is 5.75 Å². The van der Waals surface area contributed by atoms with Crippen molar-refractivity contribution in [2.24, 2.45) is 5.92 Å². The molecule has 0 saturated heterocycles. The minimum atomic E-state index is 0.609. The van der Waals surface area contributed by atoms with Crippen molar-refractivity contribution >= 4 is 0 Å². The average Bonchev–Trinajstić information content (AvgIpc) is 2.56. The Hall–Kier alpha value is -1.80. The van der Waals surface area contributed by atoms with Gasteiger partial charge in [-0.25, -0.2) is 0 Å². The molecule has 0 unspecified atom stereocenters. The summed E-state index contributed by atoms with van der Waals surface area (Å²) in [6.07, 6.45) is 1.21. The van der Waals surface area contributed by atoms with E-state index >= 15 is 0 Å². The molecule has 2 heteroatoms. The Kier molecular flexibility index (Phi) is 6.47. The van der Waals surface area contributed by atoms with Gasteiger partial charge in [-0.1, -0.05) is 56.3 Å². The van der Waals surface area contributed by atoms with Gasteiger partial charge in [0.25, 0.3) is 0 Å².